The van der Waals surface area contributed by atoms with Crippen LogP contribution in [0.1, 0.15) is 89.6 Å². The molecule has 262 valence electrons. The Kier molecular flexibility index (Phi) is 14.3. The van der Waals surface area contributed by atoms with Gasteiger partial charge in [-0.25, -0.2) is 4.79 Å². The lowest BCUT2D eigenvalue weighted by atomic mass is 10.0. The van der Waals surface area contributed by atoms with Crippen molar-refractivity contribution in [2.24, 2.45) is 0 Å². The third-order valence-electron chi connectivity index (χ3n) is 8.07. The number of nitrogens with one attached hydrogen (secondary N) is 2. The van der Waals surface area contributed by atoms with Crippen molar-refractivity contribution in [1.29, 1.82) is 0 Å². The van der Waals surface area contributed by atoms with Crippen LogP contribution >= 0.6 is 0 Å². The van der Waals surface area contributed by atoms with Gasteiger partial charge in [0.25, 0.3) is 0 Å². The summed E-state index contributed by atoms with van der Waals surface area (Å²) in [5, 5.41) is 26.1. The van der Waals surface area contributed by atoms with Crippen LogP contribution in [0.15, 0.2) is 97.1 Å². The number of rotatable bonds is 19. The van der Waals surface area contributed by atoms with Crippen LogP contribution in [0.4, 0.5) is 5.69 Å². The summed E-state index contributed by atoms with van der Waals surface area (Å²) in [7, 11) is 0. The summed E-state index contributed by atoms with van der Waals surface area (Å²) in [6.45, 7) is 4.29. The summed E-state index contributed by atoms with van der Waals surface area (Å²) in [6.07, 6.45) is 4.65. The Bertz CT molecular complexity index is 1700. The first-order valence-electron chi connectivity index (χ1n) is 16.8. The second-order valence-electron chi connectivity index (χ2n) is 12.1. The number of amides is 1. The van der Waals surface area contributed by atoms with Crippen molar-refractivity contribution in [3.63, 3.8) is 0 Å². The monoisotopic (exact) mass is 680 g/mol. The molecule has 0 aliphatic rings. The van der Waals surface area contributed by atoms with E-state index >= 15 is 0 Å². The number of anilines is 1. The van der Waals surface area contributed by atoms with Crippen LogP contribution in [0, 0.1) is 0 Å². The molecule has 0 aliphatic heterocycles. The number of aliphatic hydroxyl groups is 1. The first kappa shape index (κ1) is 37.5. The molecule has 0 saturated carbocycles. The minimum atomic E-state index is -1.29. The van der Waals surface area contributed by atoms with E-state index in [4.69, 9.17) is 9.47 Å². The maximum absolute atomic E-state index is 12.7. The zero-order valence-corrected chi connectivity index (χ0v) is 28.4. The molecule has 1 amide bonds. The topological polar surface area (TPSA) is 151 Å². The van der Waals surface area contributed by atoms with Gasteiger partial charge in [-0.05, 0) is 85.0 Å². The molecular formula is C40H44N2O8. The summed E-state index contributed by atoms with van der Waals surface area (Å²) in [5.74, 6) is -0.966. The highest BCUT2D eigenvalue weighted by Crippen LogP contribution is 2.20. The quantitative estimate of drug-likeness (QED) is 0.0272. The number of carboxylic acids is 1. The molecule has 0 aliphatic carbocycles. The van der Waals surface area contributed by atoms with Crippen molar-refractivity contribution in [1.82, 2.24) is 5.32 Å². The van der Waals surface area contributed by atoms with E-state index in [0.29, 0.717) is 46.0 Å². The lowest BCUT2D eigenvalue weighted by Crippen LogP contribution is -2.40. The number of carbonyl (C=O) groups excluding carboxylic acids is 3. The summed E-state index contributed by atoms with van der Waals surface area (Å²) < 4.78 is 11.2. The van der Waals surface area contributed by atoms with Gasteiger partial charge in [-0.3, -0.25) is 19.7 Å². The van der Waals surface area contributed by atoms with Crippen LogP contribution in [0.5, 0.6) is 11.5 Å². The molecule has 0 spiro atoms. The second-order valence-corrected chi connectivity index (χ2v) is 12.1. The van der Waals surface area contributed by atoms with Crippen molar-refractivity contribution < 1.29 is 38.9 Å². The maximum Gasteiger partial charge on any atom is 0.343 e. The number of hydrogen-bond donors (Lipinski definition) is 4. The van der Waals surface area contributed by atoms with E-state index in [1.165, 1.54) is 26.2 Å². The van der Waals surface area contributed by atoms with Gasteiger partial charge in [0, 0.05) is 11.3 Å². The molecule has 10 heteroatoms. The number of carbonyl (C=O) groups is 4. The molecule has 2 unspecified atom stereocenters. The number of ketones is 1. The summed E-state index contributed by atoms with van der Waals surface area (Å²) in [6, 6.07) is 25.4. The third kappa shape index (κ3) is 12.0. The van der Waals surface area contributed by atoms with E-state index in [2.05, 4.69) is 17.6 Å². The van der Waals surface area contributed by atoms with Gasteiger partial charge in [-0.1, -0.05) is 81.1 Å². The minimum absolute atomic E-state index is 0.0474. The predicted molar refractivity (Wildman–Crippen MR) is 191 cm³/mol. The highest BCUT2D eigenvalue weighted by Gasteiger charge is 2.22. The number of ether oxygens (including phenoxy) is 2. The standard InChI is InChI=1S/C40H44N2O8/c1-3-4-5-6-7-24-49-34-22-16-32(17-23-34)40(48)50-35-20-10-28(11-21-35)25-36(39(46)47)42-38(45)31-14-18-33(19-15-31)41-37(44)26-29-8-12-30(13-9-29)27(2)43/h8-23,36,38,42,45H,3-7,24-26H2,1-2H3,(H,41,44)(H,46,47). The molecule has 0 radical (unpaired) electrons. The Morgan fingerprint density at radius 2 is 1.32 bits per heavy atom. The minimum Gasteiger partial charge on any atom is -0.494 e. The lowest BCUT2D eigenvalue weighted by molar-refractivity contribution is -0.140. The zero-order valence-electron chi connectivity index (χ0n) is 28.4. The van der Waals surface area contributed by atoms with Gasteiger partial charge in [0.05, 0.1) is 18.6 Å². The van der Waals surface area contributed by atoms with E-state index < -0.39 is 24.2 Å². The van der Waals surface area contributed by atoms with Crippen LogP contribution < -0.4 is 20.1 Å². The predicted octanol–water partition coefficient (Wildman–Crippen LogP) is 6.92. The van der Waals surface area contributed by atoms with Gasteiger partial charge < -0.3 is 25.0 Å². The van der Waals surface area contributed by atoms with Gasteiger partial charge in [0.15, 0.2) is 5.78 Å². The van der Waals surface area contributed by atoms with Crippen molar-refractivity contribution in [3.8, 4) is 11.5 Å². The Hall–Kier alpha value is -5.32. The second kappa shape index (κ2) is 19.0. The smallest absolute Gasteiger partial charge is 0.343 e. The number of unbranched alkanes of at least 4 members (excludes halogenated alkanes) is 4. The molecular weight excluding hydrogens is 636 g/mol. The first-order valence-corrected chi connectivity index (χ1v) is 16.8. The molecule has 0 bridgehead atoms. The fourth-order valence-corrected chi connectivity index (χ4v) is 5.18. The molecule has 4 rings (SSSR count). The first-order chi connectivity index (χ1) is 24.1. The van der Waals surface area contributed by atoms with Crippen LogP contribution in [-0.2, 0) is 22.4 Å². The molecule has 4 N–H and O–H groups in total. The number of Topliss-reactive ketones (excluding diaryl/α,β-unsaturated/α-hetero) is 1. The normalized spacial score (nSPS) is 12.1. The SMILES string of the molecule is CCCCCCCOc1ccc(C(=O)Oc2ccc(CC(NC(O)c3ccc(NC(=O)Cc4ccc(C(C)=O)cc4)cc3)C(=O)O)cc2)cc1. The van der Waals surface area contributed by atoms with Gasteiger partial charge in [-0.15, -0.1) is 0 Å². The summed E-state index contributed by atoms with van der Waals surface area (Å²) in [5.41, 5.74) is 3.29. The number of benzene rings is 4. The third-order valence-corrected chi connectivity index (χ3v) is 8.07. The molecule has 4 aromatic carbocycles. The van der Waals surface area contributed by atoms with Crippen LogP contribution in [0.25, 0.3) is 0 Å². The van der Waals surface area contributed by atoms with Gasteiger partial charge in [0.1, 0.15) is 23.8 Å². The molecule has 0 aromatic heterocycles. The lowest BCUT2D eigenvalue weighted by Gasteiger charge is -2.20. The van der Waals surface area contributed by atoms with Crippen molar-refractivity contribution >= 4 is 29.3 Å². The maximum atomic E-state index is 12.7. The Balaban J connectivity index is 1.24. The van der Waals surface area contributed by atoms with E-state index in [9.17, 15) is 29.4 Å². The molecule has 10 nitrogen and oxygen atoms in total. The van der Waals surface area contributed by atoms with Crippen LogP contribution in [-0.4, -0.2) is 46.5 Å². The molecule has 4 aromatic rings. The molecule has 0 fully saturated rings. The number of aliphatic carboxylic acids is 1. The average molecular weight is 681 g/mol. The number of hydrogen-bond acceptors (Lipinski definition) is 8. The fourth-order valence-electron chi connectivity index (χ4n) is 5.18. The fraction of sp³-hybridized carbons (Fsp3) is 0.300. The molecule has 0 saturated heterocycles. The number of esters is 1. The van der Waals surface area contributed by atoms with Gasteiger partial charge >= 0.3 is 11.9 Å². The number of carboxylic acid groups (broad SMARTS) is 1. The van der Waals surface area contributed by atoms with Gasteiger partial charge in [-0.2, -0.15) is 0 Å². The van der Waals surface area contributed by atoms with Crippen molar-refractivity contribution in [3.05, 3.63) is 125 Å². The van der Waals surface area contributed by atoms with Crippen molar-refractivity contribution in [2.45, 2.75) is 71.1 Å². The van der Waals surface area contributed by atoms with Crippen LogP contribution in [0.2, 0.25) is 0 Å². The van der Waals surface area contributed by atoms with E-state index in [0.717, 1.165) is 18.4 Å². The highest BCUT2D eigenvalue weighted by atomic mass is 16.5. The zero-order chi connectivity index (χ0) is 35.9. The van der Waals surface area contributed by atoms with Gasteiger partial charge in [0.2, 0.25) is 5.91 Å². The molecule has 2 atom stereocenters. The van der Waals surface area contributed by atoms with E-state index in [-0.39, 0.29) is 24.5 Å². The Labute approximate surface area is 292 Å². The number of aliphatic hydroxyl groups excluding tert-OH is 1. The summed E-state index contributed by atoms with van der Waals surface area (Å²) in [4.78, 5) is 48.6. The summed E-state index contributed by atoms with van der Waals surface area (Å²) >= 11 is 0. The van der Waals surface area contributed by atoms with E-state index in [1.54, 1.807) is 97.1 Å². The largest absolute Gasteiger partial charge is 0.494 e. The molecule has 50 heavy (non-hydrogen) atoms. The molecule has 0 heterocycles. The average Bonchev–Trinajstić information content (AvgIpc) is 3.11. The Morgan fingerprint density at radius 1 is 0.720 bits per heavy atom. The highest BCUT2D eigenvalue weighted by molar-refractivity contribution is 5.95. The van der Waals surface area contributed by atoms with Crippen LogP contribution in [0.3, 0.4) is 0 Å². The van der Waals surface area contributed by atoms with E-state index in [1.807, 2.05) is 0 Å². The van der Waals surface area contributed by atoms with Crippen molar-refractivity contribution in [2.75, 3.05) is 11.9 Å². The Morgan fingerprint density at radius 3 is 1.94 bits per heavy atom.